The normalized spacial score (nSPS) is 11.2. The van der Waals surface area contributed by atoms with Crippen molar-refractivity contribution in [1.82, 2.24) is 0 Å². The molecule has 2 N–H and O–H groups in total. The number of para-hydroxylation sites is 2. The number of nitrogens with two attached hydrogens (primary N) is 1. The lowest BCUT2D eigenvalue weighted by atomic mass is 10.1. The second kappa shape index (κ2) is 6.89. The number of hydrazine groups is 1. The predicted molar refractivity (Wildman–Crippen MR) is 108 cm³/mol. The summed E-state index contributed by atoms with van der Waals surface area (Å²) >= 11 is 0. The first kappa shape index (κ1) is 16.9. The van der Waals surface area contributed by atoms with Crippen LogP contribution in [0, 0.1) is 0 Å². The van der Waals surface area contributed by atoms with Crippen LogP contribution in [0.5, 0.6) is 0 Å². The summed E-state index contributed by atoms with van der Waals surface area (Å²) in [6.07, 6.45) is 0. The summed E-state index contributed by atoms with van der Waals surface area (Å²) in [5.41, 5.74) is 9.85. The SMILES string of the molecule is CC(C)(C)N(c1ccccc1)N(c1ccccc1)c1ccc(N)cc1. The van der Waals surface area contributed by atoms with Gasteiger partial charge in [0, 0.05) is 5.69 Å². The highest BCUT2D eigenvalue weighted by Crippen LogP contribution is 2.35. The zero-order valence-electron chi connectivity index (χ0n) is 15.1. The van der Waals surface area contributed by atoms with Gasteiger partial charge in [-0.3, -0.25) is 10.0 Å². The largest absolute Gasteiger partial charge is 0.399 e. The quantitative estimate of drug-likeness (QED) is 0.497. The van der Waals surface area contributed by atoms with Crippen LogP contribution in [0.1, 0.15) is 20.8 Å². The first-order valence-electron chi connectivity index (χ1n) is 8.53. The van der Waals surface area contributed by atoms with Gasteiger partial charge in [-0.15, -0.1) is 0 Å². The fraction of sp³-hybridized carbons (Fsp3) is 0.182. The molecular weight excluding hydrogens is 306 g/mol. The number of hydrogen-bond donors (Lipinski definition) is 1. The third-order valence-corrected chi connectivity index (χ3v) is 3.97. The van der Waals surface area contributed by atoms with Crippen molar-refractivity contribution in [3.63, 3.8) is 0 Å². The number of nitrogen functional groups attached to an aromatic ring is 1. The molecule has 3 aromatic rings. The highest BCUT2D eigenvalue weighted by Gasteiger charge is 2.29. The van der Waals surface area contributed by atoms with E-state index in [1.165, 1.54) is 0 Å². The molecule has 3 nitrogen and oxygen atoms in total. The lowest BCUT2D eigenvalue weighted by Crippen LogP contribution is -2.51. The molecule has 0 heterocycles. The van der Waals surface area contributed by atoms with Gasteiger partial charge in [-0.25, -0.2) is 0 Å². The van der Waals surface area contributed by atoms with E-state index in [4.69, 9.17) is 5.73 Å². The Kier molecular flexibility index (Phi) is 4.66. The van der Waals surface area contributed by atoms with E-state index in [0.717, 1.165) is 22.7 Å². The number of hydrogen-bond acceptors (Lipinski definition) is 3. The second-order valence-electron chi connectivity index (χ2n) is 7.06. The summed E-state index contributed by atoms with van der Waals surface area (Å²) in [5, 5.41) is 4.56. The van der Waals surface area contributed by atoms with E-state index in [0.29, 0.717) is 0 Å². The van der Waals surface area contributed by atoms with Crippen molar-refractivity contribution in [3.8, 4) is 0 Å². The Labute approximate surface area is 150 Å². The van der Waals surface area contributed by atoms with Crippen LogP contribution in [0.2, 0.25) is 0 Å². The van der Waals surface area contributed by atoms with Crippen molar-refractivity contribution in [2.45, 2.75) is 26.3 Å². The standard InChI is InChI=1S/C22H25N3/c1-22(2,3)25(21-12-8-5-9-13-21)24(19-10-6-4-7-11-19)20-16-14-18(23)15-17-20/h4-17H,23H2,1-3H3. The molecule has 128 valence electrons. The maximum atomic E-state index is 5.91. The molecule has 0 amide bonds. The van der Waals surface area contributed by atoms with E-state index < -0.39 is 0 Å². The highest BCUT2D eigenvalue weighted by molar-refractivity contribution is 5.71. The van der Waals surface area contributed by atoms with Gasteiger partial charge in [0.1, 0.15) is 0 Å². The average Bonchev–Trinajstić information content (AvgIpc) is 2.61. The Bertz CT molecular complexity index is 790. The number of anilines is 4. The Morgan fingerprint density at radius 2 is 1.04 bits per heavy atom. The predicted octanol–water partition coefficient (Wildman–Crippen LogP) is 5.63. The van der Waals surface area contributed by atoms with Crippen LogP contribution in [-0.4, -0.2) is 5.54 Å². The van der Waals surface area contributed by atoms with E-state index in [2.05, 4.69) is 91.5 Å². The lowest BCUT2D eigenvalue weighted by Gasteiger charge is -2.46. The van der Waals surface area contributed by atoms with E-state index >= 15 is 0 Å². The lowest BCUT2D eigenvalue weighted by molar-refractivity contribution is 0.507. The van der Waals surface area contributed by atoms with Crippen LogP contribution in [0.4, 0.5) is 22.7 Å². The topological polar surface area (TPSA) is 32.5 Å². The molecule has 0 spiro atoms. The third-order valence-electron chi connectivity index (χ3n) is 3.97. The van der Waals surface area contributed by atoms with E-state index in [1.54, 1.807) is 0 Å². The third kappa shape index (κ3) is 3.77. The van der Waals surface area contributed by atoms with Crippen molar-refractivity contribution in [1.29, 1.82) is 0 Å². The van der Waals surface area contributed by atoms with E-state index in [1.807, 2.05) is 24.3 Å². The summed E-state index contributed by atoms with van der Waals surface area (Å²) in [5.74, 6) is 0. The number of benzene rings is 3. The zero-order valence-corrected chi connectivity index (χ0v) is 15.1. The van der Waals surface area contributed by atoms with Crippen LogP contribution >= 0.6 is 0 Å². The Hall–Kier alpha value is -2.94. The fourth-order valence-electron chi connectivity index (χ4n) is 2.94. The van der Waals surface area contributed by atoms with Gasteiger partial charge in [0.05, 0.1) is 22.6 Å². The molecule has 0 bridgehead atoms. The van der Waals surface area contributed by atoms with Crippen molar-refractivity contribution in [2.75, 3.05) is 15.8 Å². The van der Waals surface area contributed by atoms with Crippen molar-refractivity contribution in [2.24, 2.45) is 0 Å². The molecule has 0 unspecified atom stereocenters. The minimum atomic E-state index is -0.126. The van der Waals surface area contributed by atoms with E-state index in [-0.39, 0.29) is 5.54 Å². The van der Waals surface area contributed by atoms with Crippen LogP contribution in [0.3, 0.4) is 0 Å². The van der Waals surface area contributed by atoms with Gasteiger partial charge in [-0.1, -0.05) is 36.4 Å². The maximum Gasteiger partial charge on any atom is 0.0634 e. The molecule has 0 radical (unpaired) electrons. The molecule has 0 fully saturated rings. The maximum absolute atomic E-state index is 5.91. The average molecular weight is 331 g/mol. The van der Waals surface area contributed by atoms with Gasteiger partial charge < -0.3 is 5.73 Å². The van der Waals surface area contributed by atoms with E-state index in [9.17, 15) is 0 Å². The monoisotopic (exact) mass is 331 g/mol. The molecule has 0 saturated carbocycles. The summed E-state index contributed by atoms with van der Waals surface area (Å²) in [6, 6.07) is 28.9. The number of rotatable bonds is 4. The Morgan fingerprint density at radius 1 is 0.600 bits per heavy atom. The summed E-state index contributed by atoms with van der Waals surface area (Å²) in [4.78, 5) is 0. The summed E-state index contributed by atoms with van der Waals surface area (Å²) in [6.45, 7) is 6.65. The van der Waals surface area contributed by atoms with Crippen LogP contribution < -0.4 is 15.8 Å². The van der Waals surface area contributed by atoms with Crippen molar-refractivity contribution in [3.05, 3.63) is 84.9 Å². The second-order valence-corrected chi connectivity index (χ2v) is 7.06. The first-order chi connectivity index (χ1) is 12.0. The zero-order chi connectivity index (χ0) is 17.9. The van der Waals surface area contributed by atoms with Gasteiger partial charge in [0.25, 0.3) is 0 Å². The fourth-order valence-corrected chi connectivity index (χ4v) is 2.94. The van der Waals surface area contributed by atoms with Gasteiger partial charge in [0.15, 0.2) is 0 Å². The van der Waals surface area contributed by atoms with Gasteiger partial charge in [0.2, 0.25) is 0 Å². The Balaban J connectivity index is 2.19. The van der Waals surface area contributed by atoms with Crippen LogP contribution in [0.15, 0.2) is 84.9 Å². The molecule has 3 rings (SSSR count). The Morgan fingerprint density at radius 3 is 1.52 bits per heavy atom. The molecule has 0 atom stereocenters. The van der Waals surface area contributed by atoms with Crippen LogP contribution in [0.25, 0.3) is 0 Å². The molecule has 25 heavy (non-hydrogen) atoms. The molecular formula is C22H25N3. The molecule has 0 aliphatic carbocycles. The van der Waals surface area contributed by atoms with Crippen molar-refractivity contribution >= 4 is 22.7 Å². The molecule has 0 saturated heterocycles. The molecule has 0 aromatic heterocycles. The summed E-state index contributed by atoms with van der Waals surface area (Å²) < 4.78 is 0. The highest BCUT2D eigenvalue weighted by atomic mass is 15.7. The van der Waals surface area contributed by atoms with Crippen LogP contribution in [-0.2, 0) is 0 Å². The minimum Gasteiger partial charge on any atom is -0.399 e. The smallest absolute Gasteiger partial charge is 0.0634 e. The van der Waals surface area contributed by atoms with Gasteiger partial charge >= 0.3 is 0 Å². The molecule has 3 heteroatoms. The van der Waals surface area contributed by atoms with Gasteiger partial charge in [-0.2, -0.15) is 0 Å². The number of nitrogens with zero attached hydrogens (tertiary/aromatic N) is 2. The summed E-state index contributed by atoms with van der Waals surface area (Å²) in [7, 11) is 0. The molecule has 0 aliphatic heterocycles. The first-order valence-corrected chi connectivity index (χ1v) is 8.53. The minimum absolute atomic E-state index is 0.126. The molecule has 0 aliphatic rings. The van der Waals surface area contributed by atoms with Gasteiger partial charge in [-0.05, 0) is 69.3 Å². The van der Waals surface area contributed by atoms with Crippen molar-refractivity contribution < 1.29 is 0 Å². The molecule has 3 aromatic carbocycles.